The fourth-order valence-electron chi connectivity index (χ4n) is 0.903. The second-order valence-corrected chi connectivity index (χ2v) is 3.40. The zero-order valence-electron chi connectivity index (χ0n) is 7.20. The minimum atomic E-state index is 0.397. The van der Waals surface area contributed by atoms with E-state index in [1.54, 1.807) is 17.5 Å². The maximum atomic E-state index is 9.18. The van der Waals surface area contributed by atoms with Crippen LogP contribution in [-0.2, 0) is 0 Å². The van der Waals surface area contributed by atoms with Gasteiger partial charge in [0.1, 0.15) is 0 Å². The van der Waals surface area contributed by atoms with Gasteiger partial charge in [-0.25, -0.2) is 0 Å². The molecule has 0 saturated heterocycles. The van der Waals surface area contributed by atoms with Gasteiger partial charge in [0.2, 0.25) is 0 Å². The molecule has 1 heterocycles. The Balaban J connectivity index is 2.19. The van der Waals surface area contributed by atoms with Crippen LogP contribution in [0.15, 0.2) is 47.1 Å². The quantitative estimate of drug-likeness (QED) is 0.603. The number of hydrogen-bond donors (Lipinski definition) is 1. The van der Waals surface area contributed by atoms with Gasteiger partial charge in [-0.05, 0) is 17.3 Å². The monoisotopic (exact) mass is 208 g/mol. The number of benzene rings is 1. The van der Waals surface area contributed by atoms with Crippen molar-refractivity contribution in [2.24, 2.45) is 5.16 Å². The van der Waals surface area contributed by atoms with Crippen molar-refractivity contribution in [3.8, 4) is 5.75 Å². The third-order valence-corrected chi connectivity index (χ3v) is 2.27. The van der Waals surface area contributed by atoms with E-state index >= 15 is 0 Å². The summed E-state index contributed by atoms with van der Waals surface area (Å²) in [6, 6.07) is 9.18. The Morgan fingerprint density at radius 3 is 2.71 bits per heavy atom. The van der Waals surface area contributed by atoms with E-state index in [-0.39, 0.29) is 0 Å². The average molecular weight is 208 g/mol. The fourth-order valence-corrected chi connectivity index (χ4v) is 1.45. The van der Waals surface area contributed by atoms with E-state index in [2.05, 4.69) is 5.16 Å². The summed E-state index contributed by atoms with van der Waals surface area (Å²) < 4.78 is 0.910. The molecule has 5 heteroatoms. The van der Waals surface area contributed by atoms with Crippen LogP contribution in [0.5, 0.6) is 5.75 Å². The fraction of sp³-hybridized carbons (Fsp3) is 0. The second-order valence-electron chi connectivity index (χ2n) is 2.53. The first-order chi connectivity index (χ1) is 6.86. The Morgan fingerprint density at radius 2 is 2.07 bits per heavy atom. The molecular formula is C9H8N2O2S. The summed E-state index contributed by atoms with van der Waals surface area (Å²) in [5, 5.41) is 14.7. The molecule has 0 atom stereocenters. The van der Waals surface area contributed by atoms with Crippen molar-refractivity contribution < 1.29 is 10.0 Å². The van der Waals surface area contributed by atoms with E-state index < -0.39 is 0 Å². The predicted molar refractivity (Wildman–Crippen MR) is 52.1 cm³/mol. The molecule has 4 nitrogen and oxygen atoms in total. The third kappa shape index (κ3) is 1.94. The van der Waals surface area contributed by atoms with Crippen molar-refractivity contribution >= 4 is 11.3 Å². The van der Waals surface area contributed by atoms with Crippen LogP contribution in [-0.4, -0.2) is 9.94 Å². The van der Waals surface area contributed by atoms with Gasteiger partial charge in [-0.3, -0.25) is 0 Å². The Hall–Kier alpha value is -1.75. The maximum absolute atomic E-state index is 9.18. The van der Waals surface area contributed by atoms with Crippen molar-refractivity contribution in [1.82, 2.24) is 4.73 Å². The zero-order valence-corrected chi connectivity index (χ0v) is 8.02. The highest BCUT2D eigenvalue weighted by Crippen LogP contribution is 2.07. The van der Waals surface area contributed by atoms with Crippen LogP contribution >= 0.6 is 11.3 Å². The Bertz CT molecular complexity index is 461. The van der Waals surface area contributed by atoms with E-state index in [1.807, 2.05) is 18.2 Å². The van der Waals surface area contributed by atoms with E-state index in [4.69, 9.17) is 4.84 Å². The molecule has 14 heavy (non-hydrogen) atoms. The van der Waals surface area contributed by atoms with Crippen molar-refractivity contribution in [3.05, 3.63) is 46.7 Å². The number of thiazole rings is 1. The number of nitrogens with zero attached hydrogens (tertiary/aromatic N) is 2. The van der Waals surface area contributed by atoms with Crippen molar-refractivity contribution in [1.29, 1.82) is 0 Å². The van der Waals surface area contributed by atoms with Crippen LogP contribution < -0.4 is 9.64 Å². The van der Waals surface area contributed by atoms with Crippen molar-refractivity contribution in [2.45, 2.75) is 0 Å². The normalized spacial score (nSPS) is 11.6. The summed E-state index contributed by atoms with van der Waals surface area (Å²) in [4.78, 5) is 5.48. The van der Waals surface area contributed by atoms with E-state index in [9.17, 15) is 5.21 Å². The molecule has 0 radical (unpaired) electrons. The smallest absolute Gasteiger partial charge is 0.261 e. The van der Waals surface area contributed by atoms with Gasteiger partial charge in [0, 0.05) is 5.38 Å². The molecular weight excluding hydrogens is 200 g/mol. The van der Waals surface area contributed by atoms with Crippen LogP contribution in [0.4, 0.5) is 0 Å². The number of para-hydroxylation sites is 1. The lowest BCUT2D eigenvalue weighted by atomic mass is 10.3. The second kappa shape index (κ2) is 3.97. The molecule has 0 fully saturated rings. The first kappa shape index (κ1) is 8.83. The Kier molecular flexibility index (Phi) is 2.51. The summed E-state index contributed by atoms with van der Waals surface area (Å²) in [7, 11) is 0. The third-order valence-electron chi connectivity index (χ3n) is 1.54. The first-order valence-electron chi connectivity index (χ1n) is 3.98. The van der Waals surface area contributed by atoms with Crippen LogP contribution in [0.25, 0.3) is 0 Å². The summed E-state index contributed by atoms with van der Waals surface area (Å²) >= 11 is 1.29. The summed E-state index contributed by atoms with van der Waals surface area (Å²) in [6.45, 7) is 0. The summed E-state index contributed by atoms with van der Waals surface area (Å²) in [6.07, 6.45) is 1.50. The molecule has 0 bridgehead atoms. The van der Waals surface area contributed by atoms with Crippen LogP contribution in [0.2, 0.25) is 0 Å². The Morgan fingerprint density at radius 1 is 1.29 bits per heavy atom. The maximum Gasteiger partial charge on any atom is 0.261 e. The number of rotatable bonds is 2. The van der Waals surface area contributed by atoms with Gasteiger partial charge in [0.05, 0.1) is 6.20 Å². The highest BCUT2D eigenvalue weighted by molar-refractivity contribution is 7.07. The van der Waals surface area contributed by atoms with E-state index in [0.29, 0.717) is 10.6 Å². The van der Waals surface area contributed by atoms with Crippen molar-refractivity contribution in [2.75, 3.05) is 0 Å². The van der Waals surface area contributed by atoms with E-state index in [1.165, 1.54) is 17.5 Å². The zero-order chi connectivity index (χ0) is 9.80. The first-order valence-corrected chi connectivity index (χ1v) is 4.86. The molecule has 0 aliphatic heterocycles. The predicted octanol–water partition coefficient (Wildman–Crippen LogP) is 1.68. The van der Waals surface area contributed by atoms with Gasteiger partial charge < -0.3 is 10.0 Å². The minimum absolute atomic E-state index is 0.397. The molecule has 1 aromatic heterocycles. The largest absolute Gasteiger partial charge is 0.426 e. The molecule has 0 aliphatic rings. The lowest BCUT2D eigenvalue weighted by Gasteiger charge is -1.95. The SMILES string of the molecule is On1ccs/c1=N\Oc1ccccc1. The lowest BCUT2D eigenvalue weighted by molar-refractivity contribution is 0.167. The van der Waals surface area contributed by atoms with Crippen LogP contribution in [0, 0.1) is 0 Å². The minimum Gasteiger partial charge on any atom is -0.426 e. The molecule has 1 N–H and O–H groups in total. The van der Waals surface area contributed by atoms with Gasteiger partial charge in [-0.2, -0.15) is 4.73 Å². The molecule has 2 aromatic rings. The standard InChI is InChI=1S/C9H8N2O2S/c12-11-6-7-14-9(11)10-13-8-4-2-1-3-5-8/h1-7,12H/b10-9-. The number of hydrogen-bond acceptors (Lipinski definition) is 4. The molecule has 0 amide bonds. The summed E-state index contributed by atoms with van der Waals surface area (Å²) in [5.74, 6) is 0.640. The van der Waals surface area contributed by atoms with Gasteiger partial charge in [0.25, 0.3) is 4.80 Å². The van der Waals surface area contributed by atoms with Gasteiger partial charge >= 0.3 is 0 Å². The molecule has 0 saturated carbocycles. The molecule has 1 aromatic carbocycles. The topological polar surface area (TPSA) is 46.8 Å². The molecule has 0 unspecified atom stereocenters. The number of aromatic nitrogens is 1. The average Bonchev–Trinajstić information content (AvgIpc) is 2.63. The van der Waals surface area contributed by atoms with Gasteiger partial charge in [-0.1, -0.05) is 29.5 Å². The molecule has 0 aliphatic carbocycles. The lowest BCUT2D eigenvalue weighted by Crippen LogP contribution is -2.11. The highest BCUT2D eigenvalue weighted by Gasteiger charge is 1.92. The highest BCUT2D eigenvalue weighted by atomic mass is 32.1. The van der Waals surface area contributed by atoms with Crippen LogP contribution in [0.1, 0.15) is 0 Å². The van der Waals surface area contributed by atoms with Crippen LogP contribution in [0.3, 0.4) is 0 Å². The van der Waals surface area contributed by atoms with E-state index in [0.717, 1.165) is 4.73 Å². The van der Waals surface area contributed by atoms with Gasteiger partial charge in [-0.15, -0.1) is 0 Å². The summed E-state index contributed by atoms with van der Waals surface area (Å²) in [5.41, 5.74) is 0. The Labute approximate surface area is 84.3 Å². The molecule has 0 spiro atoms. The van der Waals surface area contributed by atoms with Gasteiger partial charge in [0.15, 0.2) is 5.75 Å². The molecule has 72 valence electrons. The molecule has 2 rings (SSSR count). The van der Waals surface area contributed by atoms with Crippen molar-refractivity contribution in [3.63, 3.8) is 0 Å².